The van der Waals surface area contributed by atoms with Crippen LogP contribution in [-0.2, 0) is 6.42 Å². The largest absolute Gasteiger partial charge is 0.496 e. The number of nitrogens with one attached hydrogen (secondary N) is 1. The summed E-state index contributed by atoms with van der Waals surface area (Å²) < 4.78 is 13.9. The molecule has 0 saturated heterocycles. The number of rotatable bonds is 9. The Labute approximate surface area is 304 Å². The van der Waals surface area contributed by atoms with Crippen molar-refractivity contribution in [2.75, 3.05) is 25.2 Å². The van der Waals surface area contributed by atoms with E-state index in [2.05, 4.69) is 26.4 Å². The average molecular weight is 727 g/mol. The molecule has 1 aliphatic rings. The lowest BCUT2D eigenvalue weighted by Gasteiger charge is -2.34. The maximum absolute atomic E-state index is 15.0. The highest BCUT2D eigenvalue weighted by atomic mass is 35.5. The van der Waals surface area contributed by atoms with E-state index in [4.69, 9.17) is 32.7 Å². The zero-order valence-corrected chi connectivity index (χ0v) is 30.7. The Balaban J connectivity index is 1.38. The lowest BCUT2D eigenvalue weighted by atomic mass is 9.97. The van der Waals surface area contributed by atoms with Crippen LogP contribution in [0.15, 0.2) is 48.8 Å². The highest BCUT2D eigenvalue weighted by molar-refractivity contribution is 6.35. The van der Waals surface area contributed by atoms with Crippen LogP contribution in [0, 0.1) is 27.7 Å². The minimum Gasteiger partial charge on any atom is -0.496 e. The lowest BCUT2D eigenvalue weighted by Crippen LogP contribution is -2.42. The van der Waals surface area contributed by atoms with Crippen molar-refractivity contribution in [3.63, 3.8) is 0 Å². The Kier molecular flexibility index (Phi) is 8.93. The molecular weight excluding hydrogens is 689 g/mol. The van der Waals surface area contributed by atoms with Gasteiger partial charge in [-0.15, -0.1) is 0 Å². The van der Waals surface area contributed by atoms with Crippen LogP contribution in [0.25, 0.3) is 32.9 Å². The van der Waals surface area contributed by atoms with Crippen LogP contribution in [0.1, 0.15) is 68.4 Å². The molecule has 3 aromatic heterocycles. The molecule has 1 atom stereocenters. The van der Waals surface area contributed by atoms with Crippen molar-refractivity contribution >= 4 is 62.6 Å². The molecule has 4 heterocycles. The molecule has 6 aromatic rings. The van der Waals surface area contributed by atoms with Crippen molar-refractivity contribution in [1.29, 1.82) is 0 Å². The van der Waals surface area contributed by atoms with Crippen molar-refractivity contribution in [2.45, 2.75) is 53.5 Å². The number of carboxylic acid groups (broad SMARTS) is 1. The van der Waals surface area contributed by atoms with E-state index in [9.17, 15) is 14.7 Å². The van der Waals surface area contributed by atoms with Crippen LogP contribution in [0.5, 0.6) is 11.5 Å². The number of carbonyl (C=O) groups excluding carboxylic acids is 1. The van der Waals surface area contributed by atoms with Crippen molar-refractivity contribution in [2.24, 2.45) is 0 Å². The van der Waals surface area contributed by atoms with Crippen LogP contribution in [0.2, 0.25) is 10.0 Å². The van der Waals surface area contributed by atoms with Gasteiger partial charge in [0.25, 0.3) is 5.91 Å². The van der Waals surface area contributed by atoms with Crippen LogP contribution in [0.3, 0.4) is 0 Å². The predicted molar refractivity (Wildman–Crippen MR) is 200 cm³/mol. The molecule has 7 rings (SSSR count). The number of fused-ring (bicyclic) bond motifs is 4. The monoisotopic (exact) mass is 725 g/mol. The fraction of sp³-hybridized carbons (Fsp3) is 0.282. The number of hydrogen-bond donors (Lipinski definition) is 2. The van der Waals surface area contributed by atoms with Gasteiger partial charge in [-0.1, -0.05) is 29.3 Å². The molecule has 0 aliphatic carbocycles. The molecule has 10 nitrogen and oxygen atoms in total. The first kappa shape index (κ1) is 34.4. The van der Waals surface area contributed by atoms with Gasteiger partial charge in [0.15, 0.2) is 0 Å². The third-order valence-corrected chi connectivity index (χ3v) is 10.7. The smallest absolute Gasteiger partial charge is 0.352 e. The molecule has 262 valence electrons. The Morgan fingerprint density at radius 3 is 2.37 bits per heavy atom. The van der Waals surface area contributed by atoms with E-state index in [-0.39, 0.29) is 17.6 Å². The summed E-state index contributed by atoms with van der Waals surface area (Å²) in [5.41, 5.74) is 8.46. The van der Waals surface area contributed by atoms with Gasteiger partial charge < -0.3 is 29.0 Å². The fourth-order valence-electron chi connectivity index (χ4n) is 7.45. The SMILES string of the molecule is COc1ccc(N2C[C@@H](C)n3c(c(CCCOc4cc(C)c(Cl)c(C)c4)c4ccc(Cl)c(-c5c(C)ncnc5C)c43)C2=O)c2[nH]c(C(=O)O)cc12. The lowest BCUT2D eigenvalue weighted by molar-refractivity contribution is 0.0691. The Morgan fingerprint density at radius 1 is 1.00 bits per heavy atom. The molecule has 3 aromatic carbocycles. The summed E-state index contributed by atoms with van der Waals surface area (Å²) in [4.78, 5) is 40.7. The summed E-state index contributed by atoms with van der Waals surface area (Å²) in [7, 11) is 1.53. The second kappa shape index (κ2) is 13.2. The number of aromatic carboxylic acids is 1. The number of carbonyl (C=O) groups is 2. The van der Waals surface area contributed by atoms with Gasteiger partial charge in [0.05, 0.1) is 35.5 Å². The second-order valence-corrected chi connectivity index (χ2v) is 13.9. The number of ether oxygens (including phenoxy) is 2. The predicted octanol–water partition coefficient (Wildman–Crippen LogP) is 9.06. The molecular formula is C39H37Cl2N5O5. The van der Waals surface area contributed by atoms with Crippen LogP contribution >= 0.6 is 23.2 Å². The van der Waals surface area contributed by atoms with Crippen molar-refractivity contribution in [1.82, 2.24) is 19.5 Å². The number of amides is 1. The van der Waals surface area contributed by atoms with Gasteiger partial charge in [0.2, 0.25) is 0 Å². The summed E-state index contributed by atoms with van der Waals surface area (Å²) in [6.45, 7) is 10.6. The highest BCUT2D eigenvalue weighted by Gasteiger charge is 2.37. The molecule has 1 amide bonds. The van der Waals surface area contributed by atoms with Gasteiger partial charge in [-0.25, -0.2) is 14.8 Å². The topological polar surface area (TPSA) is 123 Å². The van der Waals surface area contributed by atoms with E-state index < -0.39 is 5.97 Å². The molecule has 51 heavy (non-hydrogen) atoms. The molecule has 12 heteroatoms. The van der Waals surface area contributed by atoms with E-state index >= 15 is 0 Å². The molecule has 2 N–H and O–H groups in total. The molecule has 0 fully saturated rings. The molecule has 0 unspecified atom stereocenters. The minimum absolute atomic E-state index is 0.00392. The van der Waals surface area contributed by atoms with Crippen molar-refractivity contribution in [3.8, 4) is 22.6 Å². The normalized spacial score (nSPS) is 14.4. The Hall–Kier alpha value is -5.06. The number of carboxylic acids is 1. The average Bonchev–Trinajstić information content (AvgIpc) is 3.69. The quantitative estimate of drug-likeness (QED) is 0.143. The zero-order valence-electron chi connectivity index (χ0n) is 29.1. The second-order valence-electron chi connectivity index (χ2n) is 13.1. The number of nitrogens with zero attached hydrogens (tertiary/aromatic N) is 4. The molecule has 0 radical (unpaired) electrons. The van der Waals surface area contributed by atoms with E-state index in [1.165, 1.54) is 13.2 Å². The maximum Gasteiger partial charge on any atom is 0.352 e. The summed E-state index contributed by atoms with van der Waals surface area (Å²) in [5.74, 6) is -0.0627. The number of H-pyrrole nitrogens is 1. The van der Waals surface area contributed by atoms with Crippen LogP contribution in [0.4, 0.5) is 5.69 Å². The Morgan fingerprint density at radius 2 is 1.71 bits per heavy atom. The number of halogens is 2. The number of aromatic nitrogens is 4. The summed E-state index contributed by atoms with van der Waals surface area (Å²) in [6, 6.07) is 12.6. The van der Waals surface area contributed by atoms with Crippen LogP contribution in [-0.4, -0.2) is 56.8 Å². The summed E-state index contributed by atoms with van der Waals surface area (Å²) >= 11 is 13.4. The van der Waals surface area contributed by atoms with E-state index in [0.29, 0.717) is 59.0 Å². The number of benzene rings is 3. The van der Waals surface area contributed by atoms with E-state index in [1.807, 2.05) is 52.0 Å². The molecule has 1 aliphatic heterocycles. The first-order valence-electron chi connectivity index (χ1n) is 16.7. The Bertz CT molecular complexity index is 2350. The van der Waals surface area contributed by atoms with Gasteiger partial charge in [-0.2, -0.15) is 0 Å². The zero-order chi connectivity index (χ0) is 36.3. The minimum atomic E-state index is -1.11. The molecule has 0 bridgehead atoms. The van der Waals surface area contributed by atoms with E-state index in [0.717, 1.165) is 60.9 Å². The van der Waals surface area contributed by atoms with Gasteiger partial charge in [-0.05, 0) is 101 Å². The van der Waals surface area contributed by atoms with E-state index in [1.54, 1.807) is 23.4 Å². The van der Waals surface area contributed by atoms with Crippen molar-refractivity contribution < 1.29 is 24.2 Å². The van der Waals surface area contributed by atoms with Crippen LogP contribution < -0.4 is 14.4 Å². The van der Waals surface area contributed by atoms with Gasteiger partial charge in [0, 0.05) is 50.9 Å². The number of hydrogen-bond acceptors (Lipinski definition) is 6. The molecule has 0 saturated carbocycles. The number of methoxy groups -OCH3 is 1. The van der Waals surface area contributed by atoms with Crippen molar-refractivity contribution in [3.05, 3.63) is 98.3 Å². The van der Waals surface area contributed by atoms with Gasteiger partial charge in [-0.3, -0.25) is 4.79 Å². The standard InChI is InChI=1S/C39H37Cl2N5O5/c1-19-14-24(15-20(2)34(19)41)51-13-7-8-25-26-9-10-28(40)33(32-22(4)42-18-43-23(32)5)36(26)46-21(3)17-45(38(47)37(25)46)30-11-12-31(50-6)27-16-29(39(48)49)44-35(27)30/h9-12,14-16,18,21,44H,7-8,13,17H2,1-6H3,(H,48,49)/t21-/m1/s1. The number of aryl methyl sites for hydroxylation is 5. The summed E-state index contributed by atoms with van der Waals surface area (Å²) in [5, 5.41) is 12.6. The third kappa shape index (κ3) is 5.76. The molecule has 0 spiro atoms. The van der Waals surface area contributed by atoms with Gasteiger partial charge >= 0.3 is 5.97 Å². The maximum atomic E-state index is 15.0. The number of aromatic amines is 1. The number of anilines is 1. The first-order chi connectivity index (χ1) is 24.4. The third-order valence-electron chi connectivity index (χ3n) is 9.75. The summed E-state index contributed by atoms with van der Waals surface area (Å²) in [6.07, 6.45) is 2.72. The highest BCUT2D eigenvalue weighted by Crippen LogP contribution is 2.45. The first-order valence-corrected chi connectivity index (χ1v) is 17.4. The van der Waals surface area contributed by atoms with Gasteiger partial charge in [0.1, 0.15) is 29.2 Å². The fourth-order valence-corrected chi connectivity index (χ4v) is 7.81.